The van der Waals surface area contributed by atoms with Crippen LogP contribution in [0.1, 0.15) is 20.3 Å². The highest BCUT2D eigenvalue weighted by atomic mass is 35.5. The van der Waals surface area contributed by atoms with Gasteiger partial charge in [0.15, 0.2) is 0 Å². The number of nitrogens with one attached hydrogen (secondary N) is 1. The zero-order valence-electron chi connectivity index (χ0n) is 11.0. The number of carbonyl (C=O) groups is 1. The van der Waals surface area contributed by atoms with Crippen LogP contribution < -0.4 is 11.1 Å². The number of likely N-dealkylation sites (N-methyl/N-ethyl adjacent to an activating group) is 1. The highest BCUT2D eigenvalue weighted by molar-refractivity contribution is 6.31. The average molecular weight is 270 g/mol. The van der Waals surface area contributed by atoms with Crippen LogP contribution in [0.5, 0.6) is 0 Å². The van der Waals surface area contributed by atoms with E-state index in [1.165, 1.54) is 0 Å². The van der Waals surface area contributed by atoms with Gasteiger partial charge in [0, 0.05) is 11.1 Å². The van der Waals surface area contributed by atoms with Gasteiger partial charge in [0.1, 0.15) is 0 Å². The molecule has 0 radical (unpaired) electrons. The molecule has 0 aromatic heterocycles. The van der Waals surface area contributed by atoms with Crippen molar-refractivity contribution in [2.24, 2.45) is 0 Å². The number of halogens is 1. The average Bonchev–Trinajstić information content (AvgIpc) is 2.31. The normalized spacial score (nSPS) is 12.5. The van der Waals surface area contributed by atoms with Gasteiger partial charge in [0.05, 0.1) is 17.9 Å². The lowest BCUT2D eigenvalue weighted by molar-refractivity contribution is -0.117. The third-order valence-electron chi connectivity index (χ3n) is 3.02. The molecule has 3 N–H and O–H groups in total. The minimum atomic E-state index is -0.0770. The van der Waals surface area contributed by atoms with E-state index in [0.717, 1.165) is 6.42 Å². The van der Waals surface area contributed by atoms with E-state index in [1.54, 1.807) is 18.2 Å². The summed E-state index contributed by atoms with van der Waals surface area (Å²) in [6.45, 7) is 4.53. The molecule has 0 bridgehead atoms. The van der Waals surface area contributed by atoms with E-state index in [9.17, 15) is 4.79 Å². The summed E-state index contributed by atoms with van der Waals surface area (Å²) in [6, 6.07) is 5.40. The van der Waals surface area contributed by atoms with Gasteiger partial charge in [-0.25, -0.2) is 0 Å². The van der Waals surface area contributed by atoms with Crippen molar-refractivity contribution in [2.75, 3.05) is 24.6 Å². The van der Waals surface area contributed by atoms with Gasteiger partial charge in [0.2, 0.25) is 5.91 Å². The van der Waals surface area contributed by atoms with Gasteiger partial charge in [0.25, 0.3) is 0 Å². The maximum Gasteiger partial charge on any atom is 0.238 e. The number of hydrogen-bond acceptors (Lipinski definition) is 3. The highest BCUT2D eigenvalue weighted by Gasteiger charge is 2.12. The highest BCUT2D eigenvalue weighted by Crippen LogP contribution is 2.22. The molecule has 1 atom stereocenters. The summed E-state index contributed by atoms with van der Waals surface area (Å²) >= 11 is 5.80. The Morgan fingerprint density at radius 2 is 2.22 bits per heavy atom. The summed E-state index contributed by atoms with van der Waals surface area (Å²) in [7, 11) is 1.93. The van der Waals surface area contributed by atoms with Gasteiger partial charge >= 0.3 is 0 Å². The van der Waals surface area contributed by atoms with E-state index in [0.29, 0.717) is 29.0 Å². The van der Waals surface area contributed by atoms with Crippen LogP contribution >= 0.6 is 11.6 Å². The fraction of sp³-hybridized carbons (Fsp3) is 0.462. The van der Waals surface area contributed by atoms with Gasteiger partial charge < -0.3 is 11.1 Å². The van der Waals surface area contributed by atoms with Crippen molar-refractivity contribution in [1.82, 2.24) is 4.90 Å². The van der Waals surface area contributed by atoms with Gasteiger partial charge in [-0.3, -0.25) is 9.69 Å². The fourth-order valence-electron chi connectivity index (χ4n) is 1.53. The lowest BCUT2D eigenvalue weighted by atomic mass is 10.2. The summed E-state index contributed by atoms with van der Waals surface area (Å²) < 4.78 is 0. The largest absolute Gasteiger partial charge is 0.397 e. The van der Waals surface area contributed by atoms with Gasteiger partial charge in [-0.15, -0.1) is 0 Å². The van der Waals surface area contributed by atoms with Crippen LogP contribution in [0.4, 0.5) is 11.4 Å². The van der Waals surface area contributed by atoms with Crippen LogP contribution in [0.3, 0.4) is 0 Å². The van der Waals surface area contributed by atoms with Gasteiger partial charge in [-0.05, 0) is 38.6 Å². The van der Waals surface area contributed by atoms with Crippen molar-refractivity contribution in [3.8, 4) is 0 Å². The molecule has 0 aliphatic carbocycles. The van der Waals surface area contributed by atoms with Crippen molar-refractivity contribution in [3.05, 3.63) is 23.2 Å². The molecular weight excluding hydrogens is 250 g/mol. The molecule has 0 aliphatic heterocycles. The van der Waals surface area contributed by atoms with E-state index < -0.39 is 0 Å². The van der Waals surface area contributed by atoms with Crippen LogP contribution in [0.25, 0.3) is 0 Å². The predicted molar refractivity (Wildman–Crippen MR) is 76.9 cm³/mol. The Bertz CT molecular complexity index is 423. The maximum absolute atomic E-state index is 11.8. The zero-order chi connectivity index (χ0) is 13.7. The maximum atomic E-state index is 11.8. The second kappa shape index (κ2) is 6.61. The molecule has 1 aromatic rings. The van der Waals surface area contributed by atoms with Crippen LogP contribution in [0, 0.1) is 0 Å². The topological polar surface area (TPSA) is 58.4 Å². The van der Waals surface area contributed by atoms with E-state index in [2.05, 4.69) is 19.2 Å². The number of carbonyl (C=O) groups excluding carboxylic acids is 1. The SMILES string of the molecule is CCC(C)N(C)CC(=O)Nc1ccc(Cl)cc1N. The molecule has 1 amide bonds. The number of nitrogens with two attached hydrogens (primary N) is 1. The predicted octanol–water partition coefficient (Wildman–Crippen LogP) is 2.59. The lowest BCUT2D eigenvalue weighted by Gasteiger charge is -2.22. The number of benzene rings is 1. The smallest absolute Gasteiger partial charge is 0.238 e. The molecule has 0 fully saturated rings. The number of nitrogen functional groups attached to an aromatic ring is 1. The zero-order valence-corrected chi connectivity index (χ0v) is 11.8. The minimum Gasteiger partial charge on any atom is -0.397 e. The summed E-state index contributed by atoms with van der Waals surface area (Å²) in [5.41, 5.74) is 6.85. The molecule has 100 valence electrons. The van der Waals surface area contributed by atoms with Crippen LogP contribution in [0.15, 0.2) is 18.2 Å². The molecule has 1 aromatic carbocycles. The number of amides is 1. The Labute approximate surface area is 113 Å². The Balaban J connectivity index is 2.59. The fourth-order valence-corrected chi connectivity index (χ4v) is 1.71. The molecule has 0 heterocycles. The van der Waals surface area contributed by atoms with Crippen molar-refractivity contribution in [3.63, 3.8) is 0 Å². The van der Waals surface area contributed by atoms with E-state index in [4.69, 9.17) is 17.3 Å². The van der Waals surface area contributed by atoms with Crippen LogP contribution in [-0.4, -0.2) is 30.4 Å². The first-order valence-corrected chi connectivity index (χ1v) is 6.37. The van der Waals surface area contributed by atoms with Crippen molar-refractivity contribution in [2.45, 2.75) is 26.3 Å². The summed E-state index contributed by atoms with van der Waals surface area (Å²) in [6.07, 6.45) is 1.01. The molecule has 18 heavy (non-hydrogen) atoms. The third kappa shape index (κ3) is 4.20. The molecule has 0 saturated heterocycles. The first kappa shape index (κ1) is 14.8. The Hall–Kier alpha value is -1.26. The second-order valence-corrected chi connectivity index (χ2v) is 4.89. The summed E-state index contributed by atoms with van der Waals surface area (Å²) in [4.78, 5) is 13.8. The molecule has 1 unspecified atom stereocenters. The quantitative estimate of drug-likeness (QED) is 0.808. The molecule has 4 nitrogen and oxygen atoms in total. The summed E-state index contributed by atoms with van der Waals surface area (Å²) in [5, 5.41) is 3.34. The molecule has 5 heteroatoms. The summed E-state index contributed by atoms with van der Waals surface area (Å²) in [5.74, 6) is -0.0770. The third-order valence-corrected chi connectivity index (χ3v) is 3.26. The minimum absolute atomic E-state index is 0.0770. The Morgan fingerprint density at radius 3 is 2.78 bits per heavy atom. The van der Waals surface area contributed by atoms with Crippen LogP contribution in [-0.2, 0) is 4.79 Å². The van der Waals surface area contributed by atoms with Crippen molar-refractivity contribution < 1.29 is 4.79 Å². The molecule has 0 aliphatic rings. The number of rotatable bonds is 5. The van der Waals surface area contributed by atoms with E-state index in [-0.39, 0.29) is 5.91 Å². The number of anilines is 2. The van der Waals surface area contributed by atoms with E-state index in [1.807, 2.05) is 11.9 Å². The number of hydrogen-bond donors (Lipinski definition) is 2. The van der Waals surface area contributed by atoms with Crippen molar-refractivity contribution >= 4 is 28.9 Å². The molecular formula is C13H20ClN3O. The Morgan fingerprint density at radius 1 is 1.56 bits per heavy atom. The molecule has 0 spiro atoms. The number of nitrogens with zero attached hydrogens (tertiary/aromatic N) is 1. The Kier molecular flexibility index (Phi) is 5.44. The standard InChI is InChI=1S/C13H20ClN3O/c1-4-9(2)17(3)8-13(18)16-12-6-5-10(14)7-11(12)15/h5-7,9H,4,8,15H2,1-3H3,(H,16,18). The first-order valence-electron chi connectivity index (χ1n) is 5.99. The molecule has 0 saturated carbocycles. The van der Waals surface area contributed by atoms with Crippen molar-refractivity contribution in [1.29, 1.82) is 0 Å². The monoisotopic (exact) mass is 269 g/mol. The van der Waals surface area contributed by atoms with Gasteiger partial charge in [-0.2, -0.15) is 0 Å². The second-order valence-electron chi connectivity index (χ2n) is 4.45. The van der Waals surface area contributed by atoms with Gasteiger partial charge in [-0.1, -0.05) is 18.5 Å². The molecule has 1 rings (SSSR count). The van der Waals surface area contributed by atoms with Crippen LogP contribution in [0.2, 0.25) is 5.02 Å². The first-order chi connectivity index (χ1) is 8.43. The van der Waals surface area contributed by atoms with E-state index >= 15 is 0 Å². The lowest BCUT2D eigenvalue weighted by Crippen LogP contribution is -2.36.